The molecule has 2 aromatic carbocycles. The number of aromatic nitrogens is 3. The minimum absolute atomic E-state index is 0.324. The molecule has 0 radical (unpaired) electrons. The number of nitrogens with two attached hydrogens (primary N) is 1. The summed E-state index contributed by atoms with van der Waals surface area (Å²) in [4.78, 5) is 37.7. The van der Waals surface area contributed by atoms with Gasteiger partial charge in [-0.05, 0) is 42.5 Å². The molecule has 5 rings (SSSR count). The number of urea groups is 1. The molecular weight excluding hydrogens is 444 g/mol. The summed E-state index contributed by atoms with van der Waals surface area (Å²) in [6.45, 7) is 0. The van der Waals surface area contributed by atoms with Gasteiger partial charge in [0, 0.05) is 23.7 Å². The predicted octanol–water partition coefficient (Wildman–Crippen LogP) is 4.92. The average molecular weight is 460 g/mol. The van der Waals surface area contributed by atoms with E-state index in [0.717, 1.165) is 0 Å². The van der Waals surface area contributed by atoms with Crippen LogP contribution in [0, 0.1) is 0 Å². The molecule has 0 bridgehead atoms. The van der Waals surface area contributed by atoms with Gasteiger partial charge >= 0.3 is 6.03 Å². The second kappa shape index (κ2) is 8.48. The molecule has 0 atom stereocenters. The van der Waals surface area contributed by atoms with Gasteiger partial charge in [-0.2, -0.15) is 0 Å². The number of carbonyl (C=O) groups excluding carboxylic acids is 2. The number of carbonyl (C=O) groups is 2. The van der Waals surface area contributed by atoms with E-state index >= 15 is 0 Å². The standard InChI is InChI=1S/C22H16N6O4S/c23-20(30)28(22-24-9-11-33-22)14-3-5-15(6-4-14)32-16-7-8-17-18(12-16)26-21(25-17)27(13-29)19-2-1-10-31-19/h1-13H,(H2,23,30)(H,25,26). The van der Waals surface area contributed by atoms with E-state index in [-0.39, 0.29) is 0 Å². The summed E-state index contributed by atoms with van der Waals surface area (Å²) >= 11 is 1.31. The lowest BCUT2D eigenvalue weighted by Gasteiger charge is -2.17. The first-order valence-electron chi connectivity index (χ1n) is 9.67. The number of benzene rings is 2. The molecule has 0 fully saturated rings. The number of imidazole rings is 1. The van der Waals surface area contributed by atoms with Crippen molar-refractivity contribution in [2.45, 2.75) is 0 Å². The largest absolute Gasteiger partial charge is 0.457 e. The molecule has 164 valence electrons. The van der Waals surface area contributed by atoms with Crippen molar-refractivity contribution in [1.82, 2.24) is 15.0 Å². The minimum atomic E-state index is -0.627. The number of H-pyrrole nitrogens is 1. The molecule has 0 saturated carbocycles. The third-order valence-electron chi connectivity index (χ3n) is 4.68. The zero-order valence-electron chi connectivity index (χ0n) is 16.9. The van der Waals surface area contributed by atoms with Gasteiger partial charge in [0.2, 0.25) is 18.2 Å². The maximum Gasteiger partial charge on any atom is 0.325 e. The highest BCUT2D eigenvalue weighted by atomic mass is 32.1. The van der Waals surface area contributed by atoms with Crippen LogP contribution < -0.4 is 20.3 Å². The van der Waals surface area contributed by atoms with Crippen LogP contribution in [0.25, 0.3) is 11.0 Å². The van der Waals surface area contributed by atoms with Crippen LogP contribution in [0.5, 0.6) is 11.5 Å². The molecule has 10 nitrogen and oxygen atoms in total. The van der Waals surface area contributed by atoms with Gasteiger partial charge in [-0.1, -0.05) is 0 Å². The van der Waals surface area contributed by atoms with Crippen molar-refractivity contribution in [3.63, 3.8) is 0 Å². The summed E-state index contributed by atoms with van der Waals surface area (Å²) < 4.78 is 11.2. The second-order valence-corrected chi connectivity index (χ2v) is 7.62. The fraction of sp³-hybridized carbons (Fsp3) is 0. The van der Waals surface area contributed by atoms with Crippen molar-refractivity contribution in [2.75, 3.05) is 9.80 Å². The zero-order valence-corrected chi connectivity index (χ0v) is 17.7. The first-order valence-corrected chi connectivity index (χ1v) is 10.5. The number of nitrogens with one attached hydrogen (secondary N) is 1. The lowest BCUT2D eigenvalue weighted by Crippen LogP contribution is -2.31. The number of hydrogen-bond donors (Lipinski definition) is 2. The number of thiazole rings is 1. The van der Waals surface area contributed by atoms with Crippen LogP contribution in [0.15, 0.2) is 76.9 Å². The summed E-state index contributed by atoms with van der Waals surface area (Å²) in [7, 11) is 0. The normalized spacial score (nSPS) is 10.8. The van der Waals surface area contributed by atoms with Crippen LogP contribution in [0.2, 0.25) is 0 Å². The van der Waals surface area contributed by atoms with E-state index in [1.807, 2.05) is 0 Å². The Morgan fingerprint density at radius 2 is 1.97 bits per heavy atom. The number of furan rings is 1. The van der Waals surface area contributed by atoms with Crippen LogP contribution in [0.1, 0.15) is 0 Å². The third kappa shape index (κ3) is 4.00. The fourth-order valence-electron chi connectivity index (χ4n) is 3.22. The van der Waals surface area contributed by atoms with Gasteiger partial charge < -0.3 is 19.9 Å². The van der Waals surface area contributed by atoms with E-state index in [1.165, 1.54) is 27.4 Å². The average Bonchev–Trinajstić information content (AvgIpc) is 3.58. The number of anilines is 4. The Balaban J connectivity index is 1.37. The Morgan fingerprint density at radius 1 is 1.15 bits per heavy atom. The minimum Gasteiger partial charge on any atom is -0.457 e. The van der Waals surface area contributed by atoms with Gasteiger partial charge in [0.25, 0.3) is 0 Å². The predicted molar refractivity (Wildman–Crippen MR) is 123 cm³/mol. The monoisotopic (exact) mass is 460 g/mol. The van der Waals surface area contributed by atoms with Crippen molar-refractivity contribution in [1.29, 1.82) is 0 Å². The van der Waals surface area contributed by atoms with Crippen LogP contribution in [0.3, 0.4) is 0 Å². The van der Waals surface area contributed by atoms with Crippen LogP contribution >= 0.6 is 11.3 Å². The smallest absolute Gasteiger partial charge is 0.325 e. The molecule has 0 aliphatic heterocycles. The highest BCUT2D eigenvalue weighted by molar-refractivity contribution is 7.13. The second-order valence-electron chi connectivity index (χ2n) is 6.75. The molecule has 11 heteroatoms. The van der Waals surface area contributed by atoms with Gasteiger partial charge in [0.15, 0.2) is 5.13 Å². The Kier molecular flexibility index (Phi) is 5.21. The Labute approximate surface area is 190 Å². The highest BCUT2D eigenvalue weighted by Gasteiger charge is 2.18. The first kappa shape index (κ1) is 20.3. The summed E-state index contributed by atoms with van der Waals surface area (Å²) in [6.07, 6.45) is 3.70. The van der Waals surface area contributed by atoms with Crippen molar-refractivity contribution in [3.05, 3.63) is 72.4 Å². The molecule has 0 aliphatic carbocycles. The van der Waals surface area contributed by atoms with E-state index in [4.69, 9.17) is 14.9 Å². The Hall–Kier alpha value is -4.64. The van der Waals surface area contributed by atoms with Gasteiger partial charge in [-0.15, -0.1) is 11.3 Å². The summed E-state index contributed by atoms with van der Waals surface area (Å²) in [5.41, 5.74) is 7.44. The molecule has 3 aromatic heterocycles. The molecule has 3 N–H and O–H groups in total. The zero-order chi connectivity index (χ0) is 22.8. The number of nitrogens with zero attached hydrogens (tertiary/aromatic N) is 4. The summed E-state index contributed by atoms with van der Waals surface area (Å²) in [5, 5.41) is 2.25. The number of hydrogen-bond acceptors (Lipinski definition) is 7. The first-order chi connectivity index (χ1) is 16.1. The lowest BCUT2D eigenvalue weighted by atomic mass is 10.2. The highest BCUT2D eigenvalue weighted by Crippen LogP contribution is 2.31. The maximum atomic E-state index is 11.9. The number of aromatic amines is 1. The van der Waals surface area contributed by atoms with Crippen molar-refractivity contribution in [3.8, 4) is 11.5 Å². The summed E-state index contributed by atoms with van der Waals surface area (Å²) in [5.74, 6) is 1.80. The Morgan fingerprint density at radius 3 is 2.64 bits per heavy atom. The van der Waals surface area contributed by atoms with Gasteiger partial charge in [0.1, 0.15) is 11.5 Å². The van der Waals surface area contributed by atoms with Crippen LogP contribution in [-0.2, 0) is 4.79 Å². The molecular formula is C22H16N6O4S. The molecule has 3 amide bonds. The number of fused-ring (bicyclic) bond motifs is 1. The molecule has 0 spiro atoms. The van der Waals surface area contributed by atoms with Gasteiger partial charge in [0.05, 0.1) is 23.0 Å². The number of amides is 3. The Bertz CT molecular complexity index is 1400. The number of rotatable bonds is 7. The number of primary amides is 1. The SMILES string of the molecule is NC(=O)N(c1ccc(Oc2ccc3nc(N(C=O)c4ccco4)[nH]c3c2)cc1)c1nccs1. The molecule has 33 heavy (non-hydrogen) atoms. The molecule has 0 unspecified atom stereocenters. The van der Waals surface area contributed by atoms with Gasteiger partial charge in [-0.25, -0.2) is 24.6 Å². The van der Waals surface area contributed by atoms with Crippen molar-refractivity contribution < 1.29 is 18.7 Å². The maximum absolute atomic E-state index is 11.9. The number of ether oxygens (including phenoxy) is 1. The van der Waals surface area contributed by atoms with E-state index in [1.54, 1.807) is 66.2 Å². The van der Waals surface area contributed by atoms with E-state index in [2.05, 4.69) is 15.0 Å². The van der Waals surface area contributed by atoms with E-state index in [0.29, 0.717) is 51.6 Å². The third-order valence-corrected chi connectivity index (χ3v) is 5.44. The fourth-order valence-corrected chi connectivity index (χ4v) is 3.89. The quantitative estimate of drug-likeness (QED) is 0.332. The topological polar surface area (TPSA) is 131 Å². The van der Waals surface area contributed by atoms with Crippen LogP contribution in [0.4, 0.5) is 27.4 Å². The summed E-state index contributed by atoms with van der Waals surface area (Å²) in [6, 6.07) is 14.9. The van der Waals surface area contributed by atoms with Crippen molar-refractivity contribution in [2.24, 2.45) is 5.73 Å². The van der Waals surface area contributed by atoms with E-state index < -0.39 is 6.03 Å². The molecule has 0 aliphatic rings. The van der Waals surface area contributed by atoms with E-state index in [9.17, 15) is 9.59 Å². The van der Waals surface area contributed by atoms with Crippen LogP contribution in [-0.4, -0.2) is 27.4 Å². The van der Waals surface area contributed by atoms with Gasteiger partial charge in [-0.3, -0.25) is 4.79 Å². The lowest BCUT2D eigenvalue weighted by molar-refractivity contribution is -0.107. The molecule has 5 aromatic rings. The molecule has 0 saturated heterocycles. The molecule has 3 heterocycles. The van der Waals surface area contributed by atoms with Crippen molar-refractivity contribution >= 4 is 57.5 Å².